The maximum Gasteiger partial charge on any atom is 0.256 e. The van der Waals surface area contributed by atoms with Crippen molar-refractivity contribution in [2.45, 2.75) is 26.7 Å². The molecular formula is C21H27ClN2O5. The molecule has 2 rings (SSSR count). The van der Waals surface area contributed by atoms with Gasteiger partial charge in [0.05, 0.1) is 24.8 Å². The molecule has 29 heavy (non-hydrogen) atoms. The minimum Gasteiger partial charge on any atom is -0.490 e. The van der Waals surface area contributed by atoms with Crippen molar-refractivity contribution in [2.75, 3.05) is 38.9 Å². The van der Waals surface area contributed by atoms with Crippen LogP contribution in [0.1, 0.15) is 37.0 Å². The maximum absolute atomic E-state index is 12.8. The van der Waals surface area contributed by atoms with Gasteiger partial charge in [-0.05, 0) is 37.6 Å². The highest BCUT2D eigenvalue weighted by Gasteiger charge is 2.18. The minimum absolute atomic E-state index is 0.313. The van der Waals surface area contributed by atoms with Crippen molar-refractivity contribution in [1.29, 1.82) is 0 Å². The van der Waals surface area contributed by atoms with Crippen LogP contribution in [0, 0.1) is 0 Å². The number of hydrogen-bond donors (Lipinski definition) is 1. The second-order valence-corrected chi connectivity index (χ2v) is 6.48. The molecule has 1 heterocycles. The number of anilines is 1. The van der Waals surface area contributed by atoms with Crippen molar-refractivity contribution >= 4 is 23.2 Å². The average Bonchev–Trinajstić information content (AvgIpc) is 2.71. The van der Waals surface area contributed by atoms with Crippen molar-refractivity contribution in [3.63, 3.8) is 0 Å². The standard InChI is InChI=1S/C21H27ClN2O5/c1-4-6-10-28-19-16(22)13-15(14-18(19)27-5-2)20(25)24-17-8-7-9-23-21(17)29-12-11-26-3/h7-9,13-14H,4-6,10-12H2,1-3H3,(H,24,25). The number of unbranched alkanes of at least 4 members (excludes halogenated alkanes) is 1. The highest BCUT2D eigenvalue weighted by molar-refractivity contribution is 6.32. The first-order valence-electron chi connectivity index (χ1n) is 9.57. The van der Waals surface area contributed by atoms with Gasteiger partial charge in [-0.25, -0.2) is 4.98 Å². The fraction of sp³-hybridized carbons (Fsp3) is 0.429. The molecule has 8 heteroatoms. The summed E-state index contributed by atoms with van der Waals surface area (Å²) in [5.41, 5.74) is 0.791. The molecule has 7 nitrogen and oxygen atoms in total. The van der Waals surface area contributed by atoms with Gasteiger partial charge < -0.3 is 24.3 Å². The number of ether oxygens (including phenoxy) is 4. The lowest BCUT2D eigenvalue weighted by atomic mass is 10.1. The molecule has 1 aromatic carbocycles. The van der Waals surface area contributed by atoms with Crippen LogP contribution in [-0.4, -0.2) is 44.4 Å². The third kappa shape index (κ3) is 6.80. The van der Waals surface area contributed by atoms with Gasteiger partial charge in [0.2, 0.25) is 5.88 Å². The van der Waals surface area contributed by atoms with Gasteiger partial charge >= 0.3 is 0 Å². The van der Waals surface area contributed by atoms with E-state index < -0.39 is 0 Å². The van der Waals surface area contributed by atoms with Crippen molar-refractivity contribution in [3.8, 4) is 17.4 Å². The summed E-state index contributed by atoms with van der Waals surface area (Å²) in [5, 5.41) is 3.12. The lowest BCUT2D eigenvalue weighted by Gasteiger charge is -2.15. The molecule has 0 atom stereocenters. The summed E-state index contributed by atoms with van der Waals surface area (Å²) in [6, 6.07) is 6.60. The fourth-order valence-corrected chi connectivity index (χ4v) is 2.70. The Labute approximate surface area is 176 Å². The first-order valence-corrected chi connectivity index (χ1v) is 9.95. The number of nitrogens with zero attached hydrogens (tertiary/aromatic N) is 1. The number of carbonyl (C=O) groups excluding carboxylic acids is 1. The molecule has 0 unspecified atom stereocenters. The number of amides is 1. The van der Waals surface area contributed by atoms with Crippen LogP contribution in [0.15, 0.2) is 30.5 Å². The van der Waals surface area contributed by atoms with E-state index in [4.69, 9.17) is 30.5 Å². The van der Waals surface area contributed by atoms with E-state index in [0.29, 0.717) is 60.1 Å². The lowest BCUT2D eigenvalue weighted by molar-refractivity contribution is 0.102. The number of carbonyl (C=O) groups is 1. The summed E-state index contributed by atoms with van der Waals surface area (Å²) in [7, 11) is 1.58. The maximum atomic E-state index is 12.8. The summed E-state index contributed by atoms with van der Waals surface area (Å²) in [6.07, 6.45) is 3.49. The summed E-state index contributed by atoms with van der Waals surface area (Å²) in [6.45, 7) is 5.62. The molecule has 0 spiro atoms. The lowest BCUT2D eigenvalue weighted by Crippen LogP contribution is -2.15. The number of rotatable bonds is 12. The van der Waals surface area contributed by atoms with E-state index in [0.717, 1.165) is 12.8 Å². The number of aromatic nitrogens is 1. The van der Waals surface area contributed by atoms with Gasteiger partial charge in [-0.3, -0.25) is 4.79 Å². The number of methoxy groups -OCH3 is 1. The van der Waals surface area contributed by atoms with Gasteiger partial charge in [0.1, 0.15) is 12.3 Å². The van der Waals surface area contributed by atoms with Gasteiger partial charge in [-0.15, -0.1) is 0 Å². The Morgan fingerprint density at radius 1 is 1.14 bits per heavy atom. The SMILES string of the molecule is CCCCOc1c(Cl)cc(C(=O)Nc2cccnc2OCCOC)cc1OCC. The quantitative estimate of drug-likeness (QED) is 0.504. The number of nitrogens with one attached hydrogen (secondary N) is 1. The van der Waals surface area contributed by atoms with Gasteiger partial charge in [-0.1, -0.05) is 24.9 Å². The van der Waals surface area contributed by atoms with Crippen LogP contribution < -0.4 is 19.5 Å². The molecule has 0 aliphatic carbocycles. The zero-order valence-electron chi connectivity index (χ0n) is 17.0. The average molecular weight is 423 g/mol. The van der Waals surface area contributed by atoms with Gasteiger partial charge in [0, 0.05) is 18.9 Å². The third-order valence-electron chi connectivity index (χ3n) is 3.86. The molecular weight excluding hydrogens is 396 g/mol. The predicted octanol–water partition coefficient (Wildman–Crippen LogP) is 4.59. The Hall–Kier alpha value is -2.51. The van der Waals surface area contributed by atoms with E-state index in [9.17, 15) is 4.79 Å². The Kier molecular flexibility index (Phi) is 9.53. The molecule has 0 fully saturated rings. The molecule has 0 saturated carbocycles. The summed E-state index contributed by atoms with van der Waals surface area (Å²) < 4.78 is 21.9. The number of hydrogen-bond acceptors (Lipinski definition) is 6. The first kappa shape index (κ1) is 22.8. The number of pyridine rings is 1. The first-order chi connectivity index (χ1) is 14.1. The van der Waals surface area contributed by atoms with E-state index in [1.807, 2.05) is 6.92 Å². The third-order valence-corrected chi connectivity index (χ3v) is 4.14. The Bertz CT molecular complexity index is 801. The van der Waals surface area contributed by atoms with Crippen LogP contribution in [0.4, 0.5) is 5.69 Å². The second-order valence-electron chi connectivity index (χ2n) is 6.07. The van der Waals surface area contributed by atoms with E-state index >= 15 is 0 Å². The van der Waals surface area contributed by atoms with Crippen LogP contribution in [0.5, 0.6) is 17.4 Å². The number of halogens is 1. The van der Waals surface area contributed by atoms with Crippen LogP contribution in [0.2, 0.25) is 5.02 Å². The highest BCUT2D eigenvalue weighted by atomic mass is 35.5. The molecule has 158 valence electrons. The van der Waals surface area contributed by atoms with Crippen LogP contribution in [0.3, 0.4) is 0 Å². The fourth-order valence-electron chi connectivity index (χ4n) is 2.44. The summed E-state index contributed by atoms with van der Waals surface area (Å²) in [4.78, 5) is 17.0. The molecule has 1 aromatic heterocycles. The Morgan fingerprint density at radius 2 is 1.97 bits per heavy atom. The Morgan fingerprint density at radius 3 is 2.69 bits per heavy atom. The van der Waals surface area contributed by atoms with E-state index in [2.05, 4.69) is 17.2 Å². The van der Waals surface area contributed by atoms with Crippen molar-refractivity contribution in [1.82, 2.24) is 4.98 Å². The smallest absolute Gasteiger partial charge is 0.256 e. The normalized spacial score (nSPS) is 10.5. The summed E-state index contributed by atoms with van der Waals surface area (Å²) >= 11 is 6.38. The van der Waals surface area contributed by atoms with E-state index in [1.54, 1.807) is 37.6 Å². The molecule has 0 saturated heterocycles. The molecule has 0 aliphatic rings. The van der Waals surface area contributed by atoms with Crippen molar-refractivity contribution in [2.24, 2.45) is 0 Å². The van der Waals surface area contributed by atoms with Crippen molar-refractivity contribution < 1.29 is 23.7 Å². The number of benzene rings is 1. The zero-order chi connectivity index (χ0) is 21.1. The van der Waals surface area contributed by atoms with E-state index in [-0.39, 0.29) is 5.91 Å². The molecule has 0 bridgehead atoms. The van der Waals surface area contributed by atoms with Crippen LogP contribution in [-0.2, 0) is 4.74 Å². The topological polar surface area (TPSA) is 78.9 Å². The van der Waals surface area contributed by atoms with Crippen LogP contribution in [0.25, 0.3) is 0 Å². The molecule has 0 aliphatic heterocycles. The highest BCUT2D eigenvalue weighted by Crippen LogP contribution is 2.37. The largest absolute Gasteiger partial charge is 0.490 e. The molecule has 2 aromatic rings. The Balaban J connectivity index is 2.20. The summed E-state index contributed by atoms with van der Waals surface area (Å²) in [5.74, 6) is 0.832. The predicted molar refractivity (Wildman–Crippen MR) is 113 cm³/mol. The van der Waals surface area contributed by atoms with Crippen molar-refractivity contribution in [3.05, 3.63) is 41.0 Å². The van der Waals surface area contributed by atoms with E-state index in [1.165, 1.54) is 0 Å². The second kappa shape index (κ2) is 12.1. The van der Waals surface area contributed by atoms with Gasteiger partial charge in [-0.2, -0.15) is 0 Å². The van der Waals surface area contributed by atoms with Gasteiger partial charge in [0.15, 0.2) is 11.5 Å². The molecule has 0 radical (unpaired) electrons. The monoisotopic (exact) mass is 422 g/mol. The van der Waals surface area contributed by atoms with Gasteiger partial charge in [0.25, 0.3) is 5.91 Å². The van der Waals surface area contributed by atoms with Crippen LogP contribution >= 0.6 is 11.6 Å². The zero-order valence-corrected chi connectivity index (χ0v) is 17.8. The molecule has 1 amide bonds. The minimum atomic E-state index is -0.363. The molecule has 1 N–H and O–H groups in total.